The summed E-state index contributed by atoms with van der Waals surface area (Å²) in [4.78, 5) is 38.3. The van der Waals surface area contributed by atoms with Gasteiger partial charge < -0.3 is 14.8 Å². The highest BCUT2D eigenvalue weighted by Gasteiger charge is 2.34. The molecule has 0 atom stereocenters. The molecule has 0 aromatic heterocycles. The maximum absolute atomic E-state index is 12.4. The van der Waals surface area contributed by atoms with Gasteiger partial charge in [0.2, 0.25) is 5.91 Å². The third kappa shape index (κ3) is 3.43. The summed E-state index contributed by atoms with van der Waals surface area (Å²) in [6.07, 6.45) is 0.585. The van der Waals surface area contributed by atoms with Crippen LogP contribution in [0.1, 0.15) is 39.1 Å². The lowest BCUT2D eigenvalue weighted by Gasteiger charge is -2.19. The number of anilines is 1. The van der Waals surface area contributed by atoms with Gasteiger partial charge in [-0.1, -0.05) is 11.6 Å². The third-order valence-corrected chi connectivity index (χ3v) is 4.74. The maximum Gasteiger partial charge on any atom is 0.261 e. The Morgan fingerprint density at radius 3 is 2.57 bits per heavy atom. The SMILES string of the molecule is Cc1ccc2c(c1)C(=O)N(CCCC(=O)Nc1ccc3c(c1)OCCO3)C2=O. The van der Waals surface area contributed by atoms with Crippen molar-refractivity contribution in [2.75, 3.05) is 25.1 Å². The molecular formula is C21H20N2O5. The lowest BCUT2D eigenvalue weighted by Crippen LogP contribution is -2.31. The fourth-order valence-electron chi connectivity index (χ4n) is 3.35. The van der Waals surface area contributed by atoms with E-state index in [4.69, 9.17) is 9.47 Å². The molecule has 144 valence electrons. The fourth-order valence-corrected chi connectivity index (χ4v) is 3.35. The number of hydrogen-bond acceptors (Lipinski definition) is 5. The number of nitrogens with zero attached hydrogens (tertiary/aromatic N) is 1. The summed E-state index contributed by atoms with van der Waals surface area (Å²) in [6, 6.07) is 10.4. The van der Waals surface area contributed by atoms with Gasteiger partial charge in [0.15, 0.2) is 11.5 Å². The highest BCUT2D eigenvalue weighted by atomic mass is 16.6. The van der Waals surface area contributed by atoms with E-state index in [0.29, 0.717) is 47.9 Å². The van der Waals surface area contributed by atoms with Crippen LogP contribution in [0.5, 0.6) is 11.5 Å². The molecule has 2 aromatic carbocycles. The quantitative estimate of drug-likeness (QED) is 0.807. The van der Waals surface area contributed by atoms with Crippen LogP contribution in [0.2, 0.25) is 0 Å². The second-order valence-electron chi connectivity index (χ2n) is 6.82. The summed E-state index contributed by atoms with van der Waals surface area (Å²) in [5.41, 5.74) is 2.41. The molecule has 7 nitrogen and oxygen atoms in total. The van der Waals surface area contributed by atoms with Crippen LogP contribution in [0.25, 0.3) is 0 Å². The van der Waals surface area contributed by atoms with E-state index < -0.39 is 0 Å². The van der Waals surface area contributed by atoms with Crippen molar-refractivity contribution in [3.8, 4) is 11.5 Å². The van der Waals surface area contributed by atoms with Gasteiger partial charge in [-0.3, -0.25) is 19.3 Å². The number of hydrogen-bond donors (Lipinski definition) is 1. The number of fused-ring (bicyclic) bond motifs is 2. The number of benzene rings is 2. The fraction of sp³-hybridized carbons (Fsp3) is 0.286. The minimum absolute atomic E-state index is 0.191. The van der Waals surface area contributed by atoms with Gasteiger partial charge in [0.1, 0.15) is 13.2 Å². The monoisotopic (exact) mass is 380 g/mol. The molecule has 0 aliphatic carbocycles. The Labute approximate surface area is 162 Å². The first-order valence-corrected chi connectivity index (χ1v) is 9.19. The first-order valence-electron chi connectivity index (χ1n) is 9.19. The van der Waals surface area contributed by atoms with Crippen molar-refractivity contribution in [2.45, 2.75) is 19.8 Å². The molecule has 0 spiro atoms. The summed E-state index contributed by atoms with van der Waals surface area (Å²) in [5.74, 6) is 0.475. The average molecular weight is 380 g/mol. The van der Waals surface area contributed by atoms with Crippen LogP contribution in [0, 0.1) is 6.92 Å². The topological polar surface area (TPSA) is 84.9 Å². The number of rotatable bonds is 5. The minimum atomic E-state index is -0.299. The van der Waals surface area contributed by atoms with Gasteiger partial charge in [-0.15, -0.1) is 0 Å². The molecule has 2 heterocycles. The molecule has 2 aromatic rings. The predicted octanol–water partition coefficient (Wildman–Crippen LogP) is 2.78. The standard InChI is InChI=1S/C21H20N2O5/c1-13-4-6-15-16(11-13)21(26)23(20(15)25)8-2-3-19(24)22-14-5-7-17-18(12-14)28-10-9-27-17/h4-7,11-12H,2-3,8-10H2,1H3,(H,22,24). The zero-order valence-corrected chi connectivity index (χ0v) is 15.5. The van der Waals surface area contributed by atoms with Gasteiger partial charge in [-0.2, -0.15) is 0 Å². The molecular weight excluding hydrogens is 360 g/mol. The largest absolute Gasteiger partial charge is 0.486 e. The molecule has 28 heavy (non-hydrogen) atoms. The van der Waals surface area contributed by atoms with Crippen LogP contribution in [0.4, 0.5) is 5.69 Å². The van der Waals surface area contributed by atoms with E-state index in [-0.39, 0.29) is 30.7 Å². The molecule has 2 aliphatic rings. The van der Waals surface area contributed by atoms with Crippen LogP contribution in [-0.2, 0) is 4.79 Å². The maximum atomic E-state index is 12.4. The molecule has 3 amide bonds. The Morgan fingerprint density at radius 2 is 1.75 bits per heavy atom. The molecule has 0 unspecified atom stereocenters. The Kier molecular flexibility index (Phi) is 4.73. The molecule has 0 bridgehead atoms. The Hall–Kier alpha value is -3.35. The molecule has 0 fully saturated rings. The van der Waals surface area contributed by atoms with Crippen molar-refractivity contribution in [1.29, 1.82) is 0 Å². The smallest absolute Gasteiger partial charge is 0.261 e. The molecule has 0 saturated heterocycles. The molecule has 0 radical (unpaired) electrons. The van der Waals surface area contributed by atoms with Crippen molar-refractivity contribution < 1.29 is 23.9 Å². The van der Waals surface area contributed by atoms with Gasteiger partial charge in [-0.05, 0) is 37.6 Å². The van der Waals surface area contributed by atoms with Gasteiger partial charge in [0, 0.05) is 24.7 Å². The Bertz CT molecular complexity index is 969. The minimum Gasteiger partial charge on any atom is -0.486 e. The van der Waals surface area contributed by atoms with Gasteiger partial charge >= 0.3 is 0 Å². The number of ether oxygens (including phenoxy) is 2. The van der Waals surface area contributed by atoms with Crippen molar-refractivity contribution >= 4 is 23.4 Å². The van der Waals surface area contributed by atoms with Gasteiger partial charge in [0.25, 0.3) is 11.8 Å². The van der Waals surface area contributed by atoms with E-state index in [1.165, 1.54) is 4.90 Å². The van der Waals surface area contributed by atoms with Gasteiger partial charge in [-0.25, -0.2) is 0 Å². The van der Waals surface area contributed by atoms with Gasteiger partial charge in [0.05, 0.1) is 11.1 Å². The Morgan fingerprint density at radius 1 is 1.00 bits per heavy atom. The van der Waals surface area contributed by atoms with E-state index in [2.05, 4.69) is 5.32 Å². The summed E-state index contributed by atoms with van der Waals surface area (Å²) < 4.78 is 11.0. The van der Waals surface area contributed by atoms with Crippen molar-refractivity contribution in [3.05, 3.63) is 53.1 Å². The zero-order chi connectivity index (χ0) is 19.7. The van der Waals surface area contributed by atoms with Crippen LogP contribution < -0.4 is 14.8 Å². The molecule has 4 rings (SSSR count). The highest BCUT2D eigenvalue weighted by molar-refractivity contribution is 6.21. The summed E-state index contributed by atoms with van der Waals surface area (Å²) in [6.45, 7) is 3.07. The van der Waals surface area contributed by atoms with Crippen molar-refractivity contribution in [2.24, 2.45) is 0 Å². The molecule has 2 aliphatic heterocycles. The molecule has 7 heteroatoms. The normalized spacial score (nSPS) is 14.8. The Balaban J connectivity index is 1.31. The van der Waals surface area contributed by atoms with E-state index >= 15 is 0 Å². The van der Waals surface area contributed by atoms with E-state index in [9.17, 15) is 14.4 Å². The number of imide groups is 1. The summed E-state index contributed by atoms with van der Waals surface area (Å²) in [7, 11) is 0. The number of aryl methyl sites for hydroxylation is 1. The first kappa shape index (κ1) is 18.0. The second kappa shape index (κ2) is 7.34. The first-order chi connectivity index (χ1) is 13.5. The van der Waals surface area contributed by atoms with Crippen LogP contribution in [0.15, 0.2) is 36.4 Å². The van der Waals surface area contributed by atoms with Crippen LogP contribution >= 0.6 is 0 Å². The van der Waals surface area contributed by atoms with Crippen molar-refractivity contribution in [3.63, 3.8) is 0 Å². The highest BCUT2D eigenvalue weighted by Crippen LogP contribution is 2.32. The lowest BCUT2D eigenvalue weighted by atomic mass is 10.1. The number of amides is 3. The number of carbonyl (C=O) groups is 3. The summed E-state index contributed by atoms with van der Waals surface area (Å²) >= 11 is 0. The summed E-state index contributed by atoms with van der Waals surface area (Å²) in [5, 5.41) is 2.80. The second-order valence-corrected chi connectivity index (χ2v) is 6.82. The predicted molar refractivity (Wildman–Crippen MR) is 102 cm³/mol. The zero-order valence-electron chi connectivity index (χ0n) is 15.5. The van der Waals surface area contributed by atoms with E-state index in [1.54, 1.807) is 30.3 Å². The lowest BCUT2D eigenvalue weighted by molar-refractivity contribution is -0.116. The molecule has 1 N–H and O–H groups in total. The number of nitrogens with one attached hydrogen (secondary N) is 1. The number of carbonyl (C=O) groups excluding carboxylic acids is 3. The average Bonchev–Trinajstić information content (AvgIpc) is 2.92. The van der Waals surface area contributed by atoms with E-state index in [0.717, 1.165) is 5.56 Å². The van der Waals surface area contributed by atoms with Crippen LogP contribution in [-0.4, -0.2) is 42.4 Å². The third-order valence-electron chi connectivity index (χ3n) is 4.74. The van der Waals surface area contributed by atoms with E-state index in [1.807, 2.05) is 13.0 Å². The van der Waals surface area contributed by atoms with Crippen LogP contribution in [0.3, 0.4) is 0 Å². The molecule has 0 saturated carbocycles. The van der Waals surface area contributed by atoms with Crippen molar-refractivity contribution in [1.82, 2.24) is 4.90 Å².